The zero-order valence-corrected chi connectivity index (χ0v) is 14.9. The first-order valence-electron chi connectivity index (χ1n) is 9.35. The number of allylic oxidation sites excluding steroid dienone is 6. The number of aliphatic hydroxyl groups excluding tert-OH is 1. The van der Waals surface area contributed by atoms with E-state index in [4.69, 9.17) is 0 Å². The van der Waals surface area contributed by atoms with E-state index in [1.54, 1.807) is 12.2 Å². The van der Waals surface area contributed by atoms with Gasteiger partial charge in [-0.15, -0.1) is 5.92 Å². The maximum absolute atomic E-state index is 11.8. The van der Waals surface area contributed by atoms with Crippen LogP contribution in [0.15, 0.2) is 36.0 Å². The average molecular weight is 338 g/mol. The number of carbonyl (C=O) groups is 1. The van der Waals surface area contributed by atoms with Crippen molar-refractivity contribution in [3.05, 3.63) is 36.0 Å². The lowest BCUT2D eigenvalue weighted by Crippen LogP contribution is -2.53. The third-order valence-electron chi connectivity index (χ3n) is 7.50. The molecule has 2 saturated carbocycles. The van der Waals surface area contributed by atoms with Gasteiger partial charge >= 0.3 is 0 Å². The quantitative estimate of drug-likeness (QED) is 0.571. The molecule has 0 aliphatic heterocycles. The summed E-state index contributed by atoms with van der Waals surface area (Å²) in [5, 5.41) is 20.7. The molecule has 0 bridgehead atoms. The topological polar surface area (TPSA) is 57.5 Å². The number of hydrogen-bond acceptors (Lipinski definition) is 3. The maximum Gasteiger partial charge on any atom is 0.178 e. The largest absolute Gasteiger partial charge is 0.368 e. The molecule has 0 aromatic carbocycles. The highest BCUT2D eigenvalue weighted by Gasteiger charge is 2.61. The lowest BCUT2D eigenvalue weighted by atomic mass is 9.49. The van der Waals surface area contributed by atoms with Crippen LogP contribution in [0.1, 0.15) is 39.5 Å². The van der Waals surface area contributed by atoms with Gasteiger partial charge < -0.3 is 10.2 Å². The van der Waals surface area contributed by atoms with Crippen LogP contribution in [-0.2, 0) is 4.79 Å². The zero-order valence-electron chi connectivity index (χ0n) is 14.9. The van der Waals surface area contributed by atoms with Crippen LogP contribution >= 0.6 is 0 Å². The maximum atomic E-state index is 11.8. The second kappa shape index (κ2) is 5.69. The van der Waals surface area contributed by atoms with Crippen LogP contribution in [0.25, 0.3) is 0 Å². The van der Waals surface area contributed by atoms with Crippen molar-refractivity contribution in [2.24, 2.45) is 34.5 Å². The Kier molecular flexibility index (Phi) is 3.83. The van der Waals surface area contributed by atoms with E-state index in [0.29, 0.717) is 11.8 Å². The van der Waals surface area contributed by atoms with Crippen LogP contribution < -0.4 is 0 Å². The van der Waals surface area contributed by atoms with Crippen LogP contribution in [0.4, 0.5) is 0 Å². The van der Waals surface area contributed by atoms with Gasteiger partial charge in [-0.05, 0) is 68.1 Å². The third kappa shape index (κ3) is 2.17. The Labute approximate surface area is 149 Å². The van der Waals surface area contributed by atoms with Gasteiger partial charge in [-0.25, -0.2) is 0 Å². The molecule has 4 aliphatic carbocycles. The van der Waals surface area contributed by atoms with Crippen molar-refractivity contribution in [3.63, 3.8) is 0 Å². The summed E-state index contributed by atoms with van der Waals surface area (Å²) in [6, 6.07) is 0. The zero-order chi connectivity index (χ0) is 17.8. The molecule has 0 aromatic rings. The highest BCUT2D eigenvalue weighted by Crippen LogP contribution is 2.65. The van der Waals surface area contributed by atoms with Crippen LogP contribution in [0, 0.1) is 46.3 Å². The molecule has 2 fully saturated rings. The summed E-state index contributed by atoms with van der Waals surface area (Å²) in [5.41, 5.74) is 0.454. The smallest absolute Gasteiger partial charge is 0.178 e. The molecular formula is C22H26O3. The van der Waals surface area contributed by atoms with Crippen LogP contribution in [-0.4, -0.2) is 22.3 Å². The minimum atomic E-state index is -1.33. The summed E-state index contributed by atoms with van der Waals surface area (Å²) >= 11 is 0. The van der Waals surface area contributed by atoms with E-state index in [-0.39, 0.29) is 23.0 Å². The predicted molar refractivity (Wildman–Crippen MR) is 96.0 cm³/mol. The summed E-state index contributed by atoms with van der Waals surface area (Å²) in [4.78, 5) is 11.8. The Morgan fingerprint density at radius 3 is 2.72 bits per heavy atom. The van der Waals surface area contributed by atoms with E-state index in [2.05, 4.69) is 37.0 Å². The first-order valence-corrected chi connectivity index (χ1v) is 9.35. The lowest BCUT2D eigenvalue weighted by molar-refractivity contribution is -0.189. The van der Waals surface area contributed by atoms with Crippen molar-refractivity contribution in [1.82, 2.24) is 0 Å². The van der Waals surface area contributed by atoms with Gasteiger partial charge in [-0.2, -0.15) is 0 Å². The highest BCUT2D eigenvalue weighted by atomic mass is 16.5. The van der Waals surface area contributed by atoms with Crippen LogP contribution in [0.3, 0.4) is 0 Å². The molecule has 2 N–H and O–H groups in total. The number of aliphatic hydroxyl groups is 2. The molecule has 0 aromatic heterocycles. The summed E-state index contributed by atoms with van der Waals surface area (Å²) in [6.45, 7) is 4.06. The predicted octanol–water partition coefficient (Wildman–Crippen LogP) is 3.00. The molecule has 0 amide bonds. The van der Waals surface area contributed by atoms with E-state index < -0.39 is 11.7 Å². The summed E-state index contributed by atoms with van der Waals surface area (Å²) in [7, 11) is 0. The van der Waals surface area contributed by atoms with E-state index in [1.165, 1.54) is 0 Å². The molecule has 0 saturated heterocycles. The minimum Gasteiger partial charge on any atom is -0.368 e. The van der Waals surface area contributed by atoms with E-state index in [0.717, 1.165) is 31.3 Å². The van der Waals surface area contributed by atoms with Gasteiger partial charge in [-0.1, -0.05) is 31.1 Å². The third-order valence-corrected chi connectivity index (χ3v) is 7.50. The van der Waals surface area contributed by atoms with Crippen molar-refractivity contribution in [3.8, 4) is 11.8 Å². The molecule has 6 atom stereocenters. The van der Waals surface area contributed by atoms with Gasteiger partial charge in [0.15, 0.2) is 12.1 Å². The number of hydrogen-bond donors (Lipinski definition) is 2. The van der Waals surface area contributed by atoms with Crippen molar-refractivity contribution < 1.29 is 15.0 Å². The van der Waals surface area contributed by atoms with Gasteiger partial charge in [0.2, 0.25) is 0 Å². The van der Waals surface area contributed by atoms with E-state index in [9.17, 15) is 15.0 Å². The Morgan fingerprint density at radius 2 is 2.00 bits per heavy atom. The molecule has 3 heteroatoms. The van der Waals surface area contributed by atoms with Gasteiger partial charge in [0, 0.05) is 16.7 Å². The van der Waals surface area contributed by atoms with Crippen molar-refractivity contribution in [2.75, 3.05) is 0 Å². The Morgan fingerprint density at radius 1 is 1.20 bits per heavy atom. The first kappa shape index (κ1) is 16.8. The van der Waals surface area contributed by atoms with E-state index >= 15 is 0 Å². The molecule has 4 rings (SSSR count). The Hall–Kier alpha value is -1.63. The minimum absolute atomic E-state index is 0.0603. The Bertz CT molecular complexity index is 747. The second-order valence-electron chi connectivity index (χ2n) is 8.32. The van der Waals surface area contributed by atoms with Crippen LogP contribution in [0.5, 0.6) is 0 Å². The molecule has 132 valence electrons. The first-order chi connectivity index (χ1) is 11.9. The average Bonchev–Trinajstić information content (AvgIpc) is 2.96. The number of rotatable bonds is 1. The molecule has 0 heterocycles. The fourth-order valence-electron chi connectivity index (χ4n) is 6.27. The molecule has 25 heavy (non-hydrogen) atoms. The fraction of sp³-hybridized carbons (Fsp3) is 0.591. The van der Waals surface area contributed by atoms with Crippen molar-refractivity contribution in [1.29, 1.82) is 0 Å². The standard InChI is InChI=1S/C22H26O3/c1-3-4-14-6-8-19-17-7-5-15-13-16(23)9-11-21(15,2)18(17)10-12-22(14,19)20(24)25/h5,7,9,11,13-14,17-20,24-25H,6,8,10,12H2,1-2H3/t14-,17-,18+,19+,21+,22+/m1/s1. The van der Waals surface area contributed by atoms with Crippen molar-refractivity contribution in [2.45, 2.75) is 45.8 Å². The summed E-state index contributed by atoms with van der Waals surface area (Å²) < 4.78 is 0. The molecule has 3 nitrogen and oxygen atoms in total. The number of fused-ring (bicyclic) bond motifs is 5. The molecule has 0 unspecified atom stereocenters. The number of ketones is 1. The van der Waals surface area contributed by atoms with Gasteiger partial charge in [0.1, 0.15) is 0 Å². The summed E-state index contributed by atoms with van der Waals surface area (Å²) in [5.74, 6) is 7.33. The second-order valence-corrected chi connectivity index (χ2v) is 8.32. The molecule has 4 aliphatic rings. The number of carbonyl (C=O) groups excluding carboxylic acids is 1. The molecular weight excluding hydrogens is 312 g/mol. The van der Waals surface area contributed by atoms with Crippen LogP contribution in [0.2, 0.25) is 0 Å². The molecule has 0 spiro atoms. The van der Waals surface area contributed by atoms with Gasteiger partial charge in [-0.3, -0.25) is 4.79 Å². The highest BCUT2D eigenvalue weighted by molar-refractivity contribution is 6.01. The van der Waals surface area contributed by atoms with Gasteiger partial charge in [0.25, 0.3) is 0 Å². The van der Waals surface area contributed by atoms with Crippen molar-refractivity contribution >= 4 is 5.78 Å². The monoisotopic (exact) mass is 338 g/mol. The fourth-order valence-corrected chi connectivity index (χ4v) is 6.27. The Balaban J connectivity index is 1.77. The SMILES string of the molecule is CC#C[C@@H]1CC[C@H]2[C@@H]3C=CC4=CC(=O)C=C[C@]4(C)[C@H]3CC[C@]12C(O)O. The summed E-state index contributed by atoms with van der Waals surface area (Å²) in [6.07, 6.45) is 12.2. The normalized spacial score (nSPS) is 44.5. The lowest BCUT2D eigenvalue weighted by Gasteiger charge is -2.55. The molecule has 0 radical (unpaired) electrons. The van der Waals surface area contributed by atoms with Gasteiger partial charge in [0.05, 0.1) is 0 Å². The van der Waals surface area contributed by atoms with E-state index in [1.807, 2.05) is 6.92 Å².